The molecule has 2 saturated heterocycles. The van der Waals surface area contributed by atoms with Crippen molar-refractivity contribution >= 4 is 24.7 Å². The summed E-state index contributed by atoms with van der Waals surface area (Å²) in [7, 11) is -0.475. The van der Waals surface area contributed by atoms with Gasteiger partial charge in [0, 0.05) is 43.4 Å². The van der Waals surface area contributed by atoms with Crippen LogP contribution in [0.5, 0.6) is 0 Å². The van der Waals surface area contributed by atoms with Gasteiger partial charge in [0.15, 0.2) is 0 Å². The summed E-state index contributed by atoms with van der Waals surface area (Å²) in [6, 6.07) is 0.0695. The predicted molar refractivity (Wildman–Crippen MR) is 163 cm³/mol. The van der Waals surface area contributed by atoms with E-state index >= 15 is 0 Å². The van der Waals surface area contributed by atoms with Crippen LogP contribution in [0.2, 0.25) is 0 Å². The molecule has 2 aliphatic heterocycles. The lowest BCUT2D eigenvalue weighted by atomic mass is 9.79. The van der Waals surface area contributed by atoms with Gasteiger partial charge in [0.1, 0.15) is 6.29 Å². The van der Waals surface area contributed by atoms with E-state index in [4.69, 9.17) is 16.3 Å². The van der Waals surface area contributed by atoms with Gasteiger partial charge >= 0.3 is 0 Å². The zero-order valence-corrected chi connectivity index (χ0v) is 26.1. The average molecular weight is 597 g/mol. The van der Waals surface area contributed by atoms with Crippen LogP contribution in [0, 0.1) is 17.8 Å². The number of carbonyl (C=O) groups excluding carboxylic acids is 1. The third-order valence-corrected chi connectivity index (χ3v) is 11.7. The van der Waals surface area contributed by atoms with Crippen molar-refractivity contribution in [3.63, 3.8) is 0 Å². The van der Waals surface area contributed by atoms with Crippen LogP contribution in [0.3, 0.4) is 0 Å². The Morgan fingerprint density at radius 3 is 2.58 bits per heavy atom. The van der Waals surface area contributed by atoms with E-state index in [-0.39, 0.29) is 59.5 Å². The van der Waals surface area contributed by atoms with Crippen molar-refractivity contribution < 1.29 is 14.1 Å². The van der Waals surface area contributed by atoms with Crippen LogP contribution in [0.25, 0.3) is 0 Å². The Labute approximate surface area is 246 Å². The van der Waals surface area contributed by atoms with Crippen molar-refractivity contribution in [3.8, 4) is 11.8 Å². The molecule has 0 bridgehead atoms. The minimum absolute atomic E-state index is 0.00503. The largest absolute Gasteiger partial charge is 0.380 e. The molecule has 0 spiro atoms. The molecule has 9 nitrogen and oxygen atoms in total. The van der Waals surface area contributed by atoms with Crippen LogP contribution >= 0.6 is 18.7 Å². The number of halogens is 1. The molecule has 40 heavy (non-hydrogen) atoms. The number of likely N-dealkylation sites (tertiary alicyclic amines) is 1. The van der Waals surface area contributed by atoms with Crippen molar-refractivity contribution in [2.75, 3.05) is 46.6 Å². The first-order valence-corrected chi connectivity index (χ1v) is 18.2. The van der Waals surface area contributed by atoms with E-state index < -0.39 is 7.14 Å². The van der Waals surface area contributed by atoms with E-state index in [1.54, 1.807) is 7.11 Å². The predicted octanol–water partition coefficient (Wildman–Crippen LogP) is 2.07. The lowest BCUT2D eigenvalue weighted by molar-refractivity contribution is -0.118. The zero-order chi connectivity index (χ0) is 28.7. The highest BCUT2D eigenvalue weighted by molar-refractivity contribution is 7.63. The molecular formula is C29H50ClN6O3P. The van der Waals surface area contributed by atoms with Gasteiger partial charge in [-0.3, -0.25) is 31.0 Å². The summed E-state index contributed by atoms with van der Waals surface area (Å²) < 4.78 is 19.0. The lowest BCUT2D eigenvalue weighted by Crippen LogP contribution is -2.72. The van der Waals surface area contributed by atoms with Crippen LogP contribution in [0.4, 0.5) is 0 Å². The first kappa shape index (κ1) is 32.0. The number of carbonyl (C=O) groups is 1. The van der Waals surface area contributed by atoms with Crippen LogP contribution in [0.1, 0.15) is 51.4 Å². The Morgan fingerprint density at radius 1 is 1.12 bits per heavy atom. The van der Waals surface area contributed by atoms with Gasteiger partial charge in [0.05, 0.1) is 31.3 Å². The minimum atomic E-state index is -2.22. The maximum absolute atomic E-state index is 13.0. The molecule has 9 unspecified atom stereocenters. The molecule has 0 aromatic rings. The van der Waals surface area contributed by atoms with Crippen molar-refractivity contribution in [1.82, 2.24) is 31.5 Å². The SMILES string of the molecule is C=CC(=O)NC1CC(NC2NCC(Cl)C(NC3CCCCC3P(C)(C)=O)N2)C(OC)CC1C#CCN1CCCC1. The highest BCUT2D eigenvalue weighted by Crippen LogP contribution is 2.49. The number of nitrogens with zero attached hydrogens (tertiary/aromatic N) is 1. The van der Waals surface area contributed by atoms with Crippen molar-refractivity contribution in [3.05, 3.63) is 12.7 Å². The Kier molecular flexibility index (Phi) is 12.0. The lowest BCUT2D eigenvalue weighted by Gasteiger charge is -2.45. The molecule has 226 valence electrons. The minimum Gasteiger partial charge on any atom is -0.380 e. The van der Waals surface area contributed by atoms with Gasteiger partial charge in [0.2, 0.25) is 5.91 Å². The van der Waals surface area contributed by atoms with E-state index in [1.807, 2.05) is 13.3 Å². The Hall–Kier alpha value is -0.950. The number of nitrogens with one attached hydrogen (secondary N) is 5. The fraction of sp³-hybridized carbons (Fsp3) is 0.828. The fourth-order valence-electron chi connectivity index (χ4n) is 6.84. The molecule has 9 atom stereocenters. The van der Waals surface area contributed by atoms with E-state index in [0.29, 0.717) is 13.0 Å². The molecule has 11 heteroatoms. The number of ether oxygens (including phenoxy) is 1. The van der Waals surface area contributed by atoms with Gasteiger partial charge in [-0.25, -0.2) is 0 Å². The first-order valence-electron chi connectivity index (χ1n) is 15.0. The Morgan fingerprint density at radius 2 is 1.88 bits per heavy atom. The second kappa shape index (κ2) is 15.0. The van der Waals surface area contributed by atoms with Crippen LogP contribution < -0.4 is 26.6 Å². The van der Waals surface area contributed by atoms with Gasteiger partial charge in [-0.1, -0.05) is 31.3 Å². The molecule has 1 amide bonds. The Balaban J connectivity index is 1.40. The first-order chi connectivity index (χ1) is 19.2. The number of hydrogen-bond acceptors (Lipinski definition) is 8. The van der Waals surface area contributed by atoms with Gasteiger partial charge in [-0.2, -0.15) is 0 Å². The van der Waals surface area contributed by atoms with Crippen molar-refractivity contribution in [2.24, 2.45) is 5.92 Å². The summed E-state index contributed by atoms with van der Waals surface area (Å²) >= 11 is 6.75. The fourth-order valence-corrected chi connectivity index (χ4v) is 8.98. The van der Waals surface area contributed by atoms with E-state index in [9.17, 15) is 9.36 Å². The zero-order valence-electron chi connectivity index (χ0n) is 24.5. The third kappa shape index (κ3) is 8.78. The molecule has 2 heterocycles. The summed E-state index contributed by atoms with van der Waals surface area (Å²) in [6.45, 7) is 11.1. The molecule has 0 radical (unpaired) electrons. The molecule has 4 rings (SSSR count). The molecule has 2 saturated carbocycles. The van der Waals surface area contributed by atoms with Gasteiger partial charge in [-0.05, 0) is 71.0 Å². The number of rotatable bonds is 9. The monoisotopic (exact) mass is 596 g/mol. The highest BCUT2D eigenvalue weighted by Gasteiger charge is 2.41. The highest BCUT2D eigenvalue weighted by atomic mass is 35.5. The van der Waals surface area contributed by atoms with Gasteiger partial charge < -0.3 is 14.6 Å². The third-order valence-electron chi connectivity index (χ3n) is 9.06. The maximum Gasteiger partial charge on any atom is 0.243 e. The van der Waals surface area contributed by atoms with Gasteiger partial charge in [-0.15, -0.1) is 11.6 Å². The smallest absolute Gasteiger partial charge is 0.243 e. The molecule has 4 fully saturated rings. The molecule has 0 aromatic carbocycles. The molecule has 0 aromatic heterocycles. The second-order valence-corrected chi connectivity index (χ2v) is 16.4. The van der Waals surface area contributed by atoms with Crippen molar-refractivity contribution in [1.29, 1.82) is 0 Å². The standard InChI is InChI=1S/C29H50ClN6O3P/c1-5-27(37)32-23-18-24(25(39-2)17-20(23)11-10-16-36-14-8-9-15-36)34-29-31-19-21(30)28(35-29)33-22-12-6-7-13-26(22)40(3,4)38/h5,20-26,28-29,31,33-35H,1,6-9,12-19H2,2-4H3,(H,32,37). The summed E-state index contributed by atoms with van der Waals surface area (Å²) in [4.78, 5) is 14.7. The normalized spacial score (nSPS) is 37.4. The van der Waals surface area contributed by atoms with Crippen molar-refractivity contribution in [2.45, 2.75) is 99.1 Å². The van der Waals surface area contributed by atoms with E-state index in [0.717, 1.165) is 51.7 Å². The quantitative estimate of drug-likeness (QED) is 0.119. The summed E-state index contributed by atoms with van der Waals surface area (Å²) in [5.74, 6) is 6.66. The van der Waals surface area contributed by atoms with Crippen LogP contribution in [0.15, 0.2) is 12.7 Å². The van der Waals surface area contributed by atoms with Gasteiger partial charge in [0.25, 0.3) is 0 Å². The maximum atomic E-state index is 13.0. The van der Waals surface area contributed by atoms with Crippen LogP contribution in [-0.4, -0.2) is 105 Å². The summed E-state index contributed by atoms with van der Waals surface area (Å²) in [5, 5.41) is 17.5. The second-order valence-electron chi connectivity index (χ2n) is 12.3. The molecule has 2 aliphatic carbocycles. The topological polar surface area (TPSA) is 107 Å². The summed E-state index contributed by atoms with van der Waals surface area (Å²) in [6.07, 6.45) is 9.14. The summed E-state index contributed by atoms with van der Waals surface area (Å²) in [5.41, 5.74) is 0.183. The number of hydrogen-bond donors (Lipinski definition) is 5. The number of alkyl halides is 1. The Bertz CT molecular complexity index is 963. The average Bonchev–Trinajstić information content (AvgIpc) is 3.45. The molecule has 4 aliphatic rings. The van der Waals surface area contributed by atoms with Crippen LogP contribution in [-0.2, 0) is 14.1 Å². The van der Waals surface area contributed by atoms with E-state index in [2.05, 4.69) is 49.9 Å². The number of methoxy groups -OCH3 is 1. The molecule has 5 N–H and O–H groups in total. The number of amides is 1. The van der Waals surface area contributed by atoms with E-state index in [1.165, 1.54) is 18.9 Å². The molecular weight excluding hydrogens is 547 g/mol.